The molecule has 14 nitrogen and oxygen atoms in total. The Bertz CT molecular complexity index is 818. The van der Waals surface area contributed by atoms with Crippen LogP contribution >= 0.6 is 0 Å². The van der Waals surface area contributed by atoms with E-state index in [0.29, 0.717) is 158 Å². The van der Waals surface area contributed by atoms with Crippen molar-refractivity contribution in [3.05, 3.63) is 0 Å². The van der Waals surface area contributed by atoms with Gasteiger partial charge in [-0.2, -0.15) is 0 Å². The SMILES string of the molecule is CCCCCCCCCCCC(=O)OCCOCCOCCOCCOCCOCCOCCOCCOCCOCCOCCOCCO[Si](C)(C)C(C)(C)C. The van der Waals surface area contributed by atoms with Gasteiger partial charge in [-0.25, -0.2) is 0 Å². The van der Waals surface area contributed by atoms with Crippen molar-refractivity contribution in [2.75, 3.05) is 159 Å². The van der Waals surface area contributed by atoms with E-state index in [2.05, 4.69) is 40.8 Å². The van der Waals surface area contributed by atoms with Crippen molar-refractivity contribution in [3.63, 3.8) is 0 Å². The molecule has 0 aliphatic carbocycles. The lowest BCUT2D eigenvalue weighted by Crippen LogP contribution is -2.41. The second-order valence-electron chi connectivity index (χ2n) is 15.1. The molecule has 0 atom stereocenters. The van der Waals surface area contributed by atoms with Crippen LogP contribution in [-0.4, -0.2) is 173 Å². The van der Waals surface area contributed by atoms with E-state index in [-0.39, 0.29) is 17.6 Å². The molecule has 0 unspecified atom stereocenters. The molecule has 0 amide bonds. The van der Waals surface area contributed by atoms with Crippen molar-refractivity contribution in [2.24, 2.45) is 0 Å². The molecule has 0 rings (SSSR count). The van der Waals surface area contributed by atoms with Crippen molar-refractivity contribution < 1.29 is 66.1 Å². The summed E-state index contributed by atoms with van der Waals surface area (Å²) >= 11 is 0. The summed E-state index contributed by atoms with van der Waals surface area (Å²) in [6.45, 7) is 25.4. The summed E-state index contributed by atoms with van der Waals surface area (Å²) in [4.78, 5) is 11.8. The molecular formula is C42H86O14Si. The first-order valence-corrected chi connectivity index (χ1v) is 24.8. The van der Waals surface area contributed by atoms with E-state index >= 15 is 0 Å². The lowest BCUT2D eigenvalue weighted by molar-refractivity contribution is -0.145. The Morgan fingerprint density at radius 3 is 0.895 bits per heavy atom. The largest absolute Gasteiger partial charge is 0.463 e. The molecule has 0 aromatic rings. The van der Waals surface area contributed by atoms with Crippen molar-refractivity contribution >= 4 is 14.3 Å². The maximum absolute atomic E-state index is 11.8. The third-order valence-electron chi connectivity index (χ3n) is 9.19. The zero-order valence-electron chi connectivity index (χ0n) is 37.3. The van der Waals surface area contributed by atoms with Gasteiger partial charge in [-0.15, -0.1) is 0 Å². The topological polar surface area (TPSA) is 137 Å². The van der Waals surface area contributed by atoms with Crippen LogP contribution in [0.2, 0.25) is 18.1 Å². The van der Waals surface area contributed by atoms with Crippen molar-refractivity contribution in [1.82, 2.24) is 0 Å². The van der Waals surface area contributed by atoms with Crippen molar-refractivity contribution in [3.8, 4) is 0 Å². The van der Waals surface area contributed by atoms with Crippen LogP contribution in [-0.2, 0) is 66.1 Å². The number of carbonyl (C=O) groups excluding carboxylic acids is 1. The van der Waals surface area contributed by atoms with Crippen LogP contribution in [0.25, 0.3) is 0 Å². The zero-order valence-corrected chi connectivity index (χ0v) is 38.3. The summed E-state index contributed by atoms with van der Waals surface area (Å²) < 4.78 is 71.9. The molecular weight excluding hydrogens is 757 g/mol. The molecule has 0 fully saturated rings. The fourth-order valence-electron chi connectivity index (χ4n) is 4.74. The van der Waals surface area contributed by atoms with Gasteiger partial charge in [0.1, 0.15) is 6.61 Å². The number of esters is 1. The van der Waals surface area contributed by atoms with E-state index in [1.165, 1.54) is 44.9 Å². The van der Waals surface area contributed by atoms with Crippen LogP contribution in [0.4, 0.5) is 0 Å². The highest BCUT2D eigenvalue weighted by atomic mass is 28.4. The second kappa shape index (κ2) is 43.3. The molecule has 57 heavy (non-hydrogen) atoms. The van der Waals surface area contributed by atoms with Gasteiger partial charge in [-0.3, -0.25) is 4.79 Å². The van der Waals surface area contributed by atoms with Gasteiger partial charge in [0.2, 0.25) is 0 Å². The molecule has 0 aromatic carbocycles. The normalized spacial score (nSPS) is 12.2. The van der Waals surface area contributed by atoms with Crippen LogP contribution in [0.15, 0.2) is 0 Å². The Morgan fingerprint density at radius 2 is 0.614 bits per heavy atom. The minimum Gasteiger partial charge on any atom is -0.463 e. The first kappa shape index (κ1) is 56.2. The van der Waals surface area contributed by atoms with E-state index in [0.717, 1.165) is 12.8 Å². The van der Waals surface area contributed by atoms with E-state index in [1.54, 1.807) is 0 Å². The minimum absolute atomic E-state index is 0.137. The number of unbranched alkanes of at least 4 members (excludes halogenated alkanes) is 8. The van der Waals surface area contributed by atoms with Crippen LogP contribution in [0.3, 0.4) is 0 Å². The van der Waals surface area contributed by atoms with Crippen LogP contribution < -0.4 is 0 Å². The van der Waals surface area contributed by atoms with E-state index < -0.39 is 8.32 Å². The Balaban J connectivity index is 3.16. The number of hydrogen-bond acceptors (Lipinski definition) is 14. The quantitative estimate of drug-likeness (QED) is 0.0367. The summed E-state index contributed by atoms with van der Waals surface area (Å²) in [5.41, 5.74) is 0. The summed E-state index contributed by atoms with van der Waals surface area (Å²) in [7, 11) is -1.70. The minimum atomic E-state index is -1.70. The van der Waals surface area contributed by atoms with E-state index in [9.17, 15) is 4.79 Å². The Kier molecular flexibility index (Phi) is 42.7. The zero-order chi connectivity index (χ0) is 41.8. The summed E-state index contributed by atoms with van der Waals surface area (Å²) in [5, 5.41) is 0.213. The molecule has 0 aliphatic rings. The molecule has 0 bridgehead atoms. The highest BCUT2D eigenvalue weighted by Gasteiger charge is 2.36. The molecule has 0 saturated heterocycles. The highest BCUT2D eigenvalue weighted by molar-refractivity contribution is 6.74. The molecule has 0 saturated carbocycles. The molecule has 342 valence electrons. The molecule has 0 spiro atoms. The fraction of sp³-hybridized carbons (Fsp3) is 0.976. The molecule has 0 N–H and O–H groups in total. The number of rotatable bonds is 47. The predicted octanol–water partition coefficient (Wildman–Crippen LogP) is 6.65. The molecule has 0 radical (unpaired) electrons. The third kappa shape index (κ3) is 43.1. The van der Waals surface area contributed by atoms with Gasteiger partial charge in [0.15, 0.2) is 8.32 Å². The monoisotopic (exact) mass is 843 g/mol. The van der Waals surface area contributed by atoms with Gasteiger partial charge in [-0.1, -0.05) is 79.1 Å². The lowest BCUT2D eigenvalue weighted by Gasteiger charge is -2.36. The molecule has 0 heterocycles. The number of carbonyl (C=O) groups is 1. The second-order valence-corrected chi connectivity index (χ2v) is 20.0. The van der Waals surface area contributed by atoms with Gasteiger partial charge in [0.05, 0.1) is 152 Å². The standard InChI is InChI=1S/C42H86O14Si/c1-7-8-9-10-11-12-13-14-15-16-41(43)55-39-37-53-35-33-51-31-29-49-27-25-47-23-21-45-19-17-44-18-20-46-22-24-48-26-28-50-30-32-52-34-36-54-38-40-56-57(5,6)42(2,3)4/h7-40H2,1-6H3. The maximum Gasteiger partial charge on any atom is 0.305 e. The van der Waals surface area contributed by atoms with Gasteiger partial charge < -0.3 is 61.3 Å². The third-order valence-corrected chi connectivity index (χ3v) is 13.7. The lowest BCUT2D eigenvalue weighted by atomic mass is 10.1. The Labute approximate surface area is 348 Å². The van der Waals surface area contributed by atoms with Crippen LogP contribution in [0.5, 0.6) is 0 Å². The Hall–Kier alpha value is -0.793. The predicted molar refractivity (Wildman–Crippen MR) is 225 cm³/mol. The van der Waals surface area contributed by atoms with E-state index in [4.69, 9.17) is 61.3 Å². The van der Waals surface area contributed by atoms with Crippen LogP contribution in [0, 0.1) is 0 Å². The van der Waals surface area contributed by atoms with Crippen LogP contribution in [0.1, 0.15) is 91.9 Å². The van der Waals surface area contributed by atoms with E-state index in [1.807, 2.05) is 0 Å². The van der Waals surface area contributed by atoms with Crippen molar-refractivity contribution in [2.45, 2.75) is 110 Å². The average Bonchev–Trinajstić information content (AvgIpc) is 3.18. The van der Waals surface area contributed by atoms with Gasteiger partial charge >= 0.3 is 5.97 Å². The summed E-state index contributed by atoms with van der Waals surface area (Å²) in [5.74, 6) is -0.137. The van der Waals surface area contributed by atoms with Gasteiger partial charge in [-0.05, 0) is 24.6 Å². The molecule has 0 aliphatic heterocycles. The van der Waals surface area contributed by atoms with Gasteiger partial charge in [0, 0.05) is 6.42 Å². The van der Waals surface area contributed by atoms with Crippen molar-refractivity contribution in [1.29, 1.82) is 0 Å². The number of ether oxygens (including phenoxy) is 12. The molecule has 15 heteroatoms. The van der Waals surface area contributed by atoms with Gasteiger partial charge in [0.25, 0.3) is 0 Å². The average molecular weight is 843 g/mol. The first-order chi connectivity index (χ1) is 27.7. The highest BCUT2D eigenvalue weighted by Crippen LogP contribution is 2.36. The summed E-state index contributed by atoms with van der Waals surface area (Å²) in [6, 6.07) is 0. The Morgan fingerprint density at radius 1 is 0.368 bits per heavy atom. The molecule has 0 aromatic heterocycles. The number of hydrogen-bond donors (Lipinski definition) is 0. The fourth-order valence-corrected chi connectivity index (χ4v) is 5.77. The smallest absolute Gasteiger partial charge is 0.305 e. The summed E-state index contributed by atoms with van der Waals surface area (Å²) in [6.07, 6.45) is 11.6. The first-order valence-electron chi connectivity index (χ1n) is 21.9. The maximum atomic E-state index is 11.8.